The largest absolute Gasteiger partial charge is 0.356 e. The second-order valence-electron chi connectivity index (χ2n) is 5.55. The molecule has 2 N–H and O–H groups in total. The number of hydrogen-bond donors (Lipinski definition) is 2. The molecule has 0 saturated carbocycles. The van der Waals surface area contributed by atoms with E-state index < -0.39 is 0 Å². The van der Waals surface area contributed by atoms with E-state index in [0.29, 0.717) is 6.54 Å². The first-order chi connectivity index (χ1) is 12.8. The number of rotatable bonds is 7. The van der Waals surface area contributed by atoms with E-state index in [1.807, 2.05) is 28.8 Å². The number of aromatic nitrogens is 3. The Morgan fingerprint density at radius 1 is 1.15 bits per heavy atom. The second-order valence-corrected chi connectivity index (χ2v) is 6.72. The zero-order valence-electron chi connectivity index (χ0n) is 14.5. The summed E-state index contributed by atoms with van der Waals surface area (Å²) in [5, 5.41) is 14.8. The Morgan fingerprint density at radius 3 is 2.81 bits per heavy atom. The molecule has 6 nitrogen and oxygen atoms in total. The van der Waals surface area contributed by atoms with Crippen molar-refractivity contribution in [2.24, 2.45) is 4.99 Å². The van der Waals surface area contributed by atoms with E-state index in [1.165, 1.54) is 12.1 Å². The van der Waals surface area contributed by atoms with Crippen molar-refractivity contribution in [3.63, 3.8) is 0 Å². The number of fused-ring (bicyclic) bond motifs is 1. The van der Waals surface area contributed by atoms with E-state index in [-0.39, 0.29) is 5.82 Å². The predicted octanol–water partition coefficient (Wildman–Crippen LogP) is 2.72. The molecular formula is C18H21FN6S. The highest BCUT2D eigenvalue weighted by Crippen LogP contribution is 2.18. The van der Waals surface area contributed by atoms with Gasteiger partial charge in [-0.25, -0.2) is 4.39 Å². The van der Waals surface area contributed by atoms with Crippen molar-refractivity contribution in [1.29, 1.82) is 0 Å². The maximum atomic E-state index is 12.9. The summed E-state index contributed by atoms with van der Waals surface area (Å²) in [5.41, 5.74) is 0.824. The summed E-state index contributed by atoms with van der Waals surface area (Å²) in [6.07, 6.45) is 2.91. The first kappa shape index (κ1) is 18.2. The maximum Gasteiger partial charge on any atom is 0.191 e. The van der Waals surface area contributed by atoms with Crippen LogP contribution < -0.4 is 10.6 Å². The van der Waals surface area contributed by atoms with Gasteiger partial charge in [-0.05, 0) is 48.6 Å². The molecule has 0 aliphatic carbocycles. The molecule has 1 aromatic carbocycles. The van der Waals surface area contributed by atoms with E-state index >= 15 is 0 Å². The lowest BCUT2D eigenvalue weighted by Gasteiger charge is -2.11. The number of nitrogens with one attached hydrogen (secondary N) is 2. The molecule has 0 atom stereocenters. The minimum atomic E-state index is -0.202. The van der Waals surface area contributed by atoms with Crippen LogP contribution >= 0.6 is 11.8 Å². The van der Waals surface area contributed by atoms with Gasteiger partial charge in [0.2, 0.25) is 0 Å². The summed E-state index contributed by atoms with van der Waals surface area (Å²) in [5.74, 6) is 2.30. The molecule has 2 aromatic heterocycles. The second kappa shape index (κ2) is 9.19. The maximum absolute atomic E-state index is 12.9. The normalized spacial score (nSPS) is 11.7. The minimum Gasteiger partial charge on any atom is -0.356 e. The van der Waals surface area contributed by atoms with E-state index in [2.05, 4.69) is 25.8 Å². The van der Waals surface area contributed by atoms with Crippen molar-refractivity contribution in [3.05, 3.63) is 60.3 Å². The topological polar surface area (TPSA) is 66.6 Å². The highest BCUT2D eigenvalue weighted by molar-refractivity contribution is 7.99. The van der Waals surface area contributed by atoms with Crippen LogP contribution in [0.15, 0.2) is 58.5 Å². The van der Waals surface area contributed by atoms with Crippen molar-refractivity contribution in [2.45, 2.75) is 17.9 Å². The summed E-state index contributed by atoms with van der Waals surface area (Å²) in [4.78, 5) is 5.30. The molecule has 136 valence electrons. The molecule has 0 amide bonds. The monoisotopic (exact) mass is 372 g/mol. The smallest absolute Gasteiger partial charge is 0.191 e. The summed E-state index contributed by atoms with van der Waals surface area (Å²) >= 11 is 1.71. The molecule has 0 unspecified atom stereocenters. The molecule has 3 aromatic rings. The van der Waals surface area contributed by atoms with Crippen LogP contribution in [0, 0.1) is 5.82 Å². The number of aliphatic imine (C=N–C) groups is 1. The summed E-state index contributed by atoms with van der Waals surface area (Å²) in [7, 11) is 1.74. The molecule has 3 rings (SSSR count). The molecule has 0 bridgehead atoms. The molecule has 0 spiro atoms. The molecule has 0 saturated heterocycles. The van der Waals surface area contributed by atoms with Crippen LogP contribution in [-0.2, 0) is 6.54 Å². The van der Waals surface area contributed by atoms with Gasteiger partial charge in [-0.3, -0.25) is 9.39 Å². The number of thioether (sulfide) groups is 1. The van der Waals surface area contributed by atoms with Crippen molar-refractivity contribution in [3.8, 4) is 0 Å². The molecule has 26 heavy (non-hydrogen) atoms. The Labute approximate surface area is 155 Å². The number of hydrogen-bond acceptors (Lipinski definition) is 4. The Kier molecular flexibility index (Phi) is 6.43. The van der Waals surface area contributed by atoms with Crippen LogP contribution in [-0.4, -0.2) is 39.9 Å². The first-order valence-corrected chi connectivity index (χ1v) is 9.36. The third-order valence-electron chi connectivity index (χ3n) is 3.72. The molecule has 0 fully saturated rings. The van der Waals surface area contributed by atoms with Gasteiger partial charge in [0.05, 0.1) is 6.54 Å². The van der Waals surface area contributed by atoms with Gasteiger partial charge in [-0.1, -0.05) is 6.07 Å². The van der Waals surface area contributed by atoms with Gasteiger partial charge in [0.25, 0.3) is 0 Å². The zero-order valence-corrected chi connectivity index (χ0v) is 15.3. The number of pyridine rings is 1. The summed E-state index contributed by atoms with van der Waals surface area (Å²) in [6.45, 7) is 1.34. The average molecular weight is 372 g/mol. The fourth-order valence-electron chi connectivity index (χ4n) is 2.39. The van der Waals surface area contributed by atoms with E-state index in [1.54, 1.807) is 30.9 Å². The van der Waals surface area contributed by atoms with Gasteiger partial charge < -0.3 is 10.6 Å². The fraction of sp³-hybridized carbons (Fsp3) is 0.278. The molecule has 0 aliphatic heterocycles. The first-order valence-electron chi connectivity index (χ1n) is 8.38. The Bertz CT molecular complexity index is 862. The predicted molar refractivity (Wildman–Crippen MR) is 103 cm³/mol. The van der Waals surface area contributed by atoms with Gasteiger partial charge in [-0.15, -0.1) is 22.0 Å². The van der Waals surface area contributed by atoms with Gasteiger partial charge >= 0.3 is 0 Å². The van der Waals surface area contributed by atoms with Gasteiger partial charge in [0.1, 0.15) is 5.82 Å². The van der Waals surface area contributed by atoms with Crippen molar-refractivity contribution >= 4 is 23.4 Å². The highest BCUT2D eigenvalue weighted by Gasteiger charge is 2.05. The molecule has 0 aliphatic rings. The SMILES string of the molecule is CN=C(NCCCSc1ccc(F)cc1)NCc1nnc2ccccn12. The van der Waals surface area contributed by atoms with Crippen LogP contribution in [0.2, 0.25) is 0 Å². The lowest BCUT2D eigenvalue weighted by atomic mass is 10.4. The lowest BCUT2D eigenvalue weighted by molar-refractivity contribution is 0.626. The number of halogens is 1. The van der Waals surface area contributed by atoms with Crippen LogP contribution in [0.3, 0.4) is 0 Å². The van der Waals surface area contributed by atoms with E-state index in [9.17, 15) is 4.39 Å². The summed E-state index contributed by atoms with van der Waals surface area (Å²) in [6, 6.07) is 12.4. The lowest BCUT2D eigenvalue weighted by Crippen LogP contribution is -2.37. The third kappa shape index (κ3) is 4.95. The standard InChI is InChI=1S/C18H21FN6S/c1-20-18(21-10-4-12-26-15-8-6-14(19)7-9-15)22-13-17-24-23-16-5-2-3-11-25(16)17/h2-3,5-9,11H,4,10,12-13H2,1H3,(H2,20,21,22). The molecule has 0 radical (unpaired) electrons. The molecule has 2 heterocycles. The Balaban J connectivity index is 1.39. The molecular weight excluding hydrogens is 351 g/mol. The summed E-state index contributed by atoms with van der Waals surface area (Å²) < 4.78 is 14.8. The van der Waals surface area contributed by atoms with Gasteiger partial charge in [0, 0.05) is 24.7 Å². The Morgan fingerprint density at radius 2 is 2.00 bits per heavy atom. The minimum absolute atomic E-state index is 0.202. The highest BCUT2D eigenvalue weighted by atomic mass is 32.2. The Hall–Kier alpha value is -2.61. The van der Waals surface area contributed by atoms with Crippen LogP contribution in [0.4, 0.5) is 4.39 Å². The fourth-order valence-corrected chi connectivity index (χ4v) is 3.25. The van der Waals surface area contributed by atoms with Gasteiger partial charge in [-0.2, -0.15) is 0 Å². The van der Waals surface area contributed by atoms with E-state index in [4.69, 9.17) is 0 Å². The average Bonchev–Trinajstić information content (AvgIpc) is 3.08. The van der Waals surface area contributed by atoms with Gasteiger partial charge in [0.15, 0.2) is 17.4 Å². The number of benzene rings is 1. The number of guanidine groups is 1. The zero-order chi connectivity index (χ0) is 18.2. The van der Waals surface area contributed by atoms with Crippen LogP contribution in [0.5, 0.6) is 0 Å². The van der Waals surface area contributed by atoms with E-state index in [0.717, 1.165) is 41.0 Å². The quantitative estimate of drug-likeness (QED) is 0.289. The third-order valence-corrected chi connectivity index (χ3v) is 4.82. The molecule has 8 heteroatoms. The van der Waals surface area contributed by atoms with Crippen molar-refractivity contribution in [1.82, 2.24) is 25.2 Å². The van der Waals surface area contributed by atoms with Crippen molar-refractivity contribution < 1.29 is 4.39 Å². The van der Waals surface area contributed by atoms with Crippen LogP contribution in [0.1, 0.15) is 12.2 Å². The van der Waals surface area contributed by atoms with Crippen LogP contribution in [0.25, 0.3) is 5.65 Å². The van der Waals surface area contributed by atoms with Crippen molar-refractivity contribution in [2.75, 3.05) is 19.3 Å². The number of nitrogens with zero attached hydrogens (tertiary/aromatic N) is 4.